The first-order valence-electron chi connectivity index (χ1n) is 6.65. The molecule has 1 saturated carbocycles. The van der Waals surface area contributed by atoms with Crippen LogP contribution in [-0.4, -0.2) is 25.0 Å². The zero-order valence-electron chi connectivity index (χ0n) is 11.3. The van der Waals surface area contributed by atoms with Gasteiger partial charge in [-0.1, -0.05) is 13.8 Å². The van der Waals surface area contributed by atoms with E-state index in [4.69, 9.17) is 4.74 Å². The molecule has 0 spiro atoms. The maximum atomic E-state index is 5.83. The van der Waals surface area contributed by atoms with E-state index in [0.717, 1.165) is 6.61 Å². The summed E-state index contributed by atoms with van der Waals surface area (Å²) in [5.41, 5.74) is 1.48. The Morgan fingerprint density at radius 3 is 2.67 bits per heavy atom. The van der Waals surface area contributed by atoms with Crippen LogP contribution in [0.5, 0.6) is 0 Å². The number of ether oxygens (including phenoxy) is 1. The van der Waals surface area contributed by atoms with Crippen LogP contribution in [0.25, 0.3) is 0 Å². The van der Waals surface area contributed by atoms with Crippen molar-refractivity contribution in [1.29, 1.82) is 0 Å². The van der Waals surface area contributed by atoms with E-state index in [1.807, 2.05) is 0 Å². The van der Waals surface area contributed by atoms with E-state index in [-0.39, 0.29) is 5.41 Å². The van der Waals surface area contributed by atoms with Crippen molar-refractivity contribution in [1.82, 2.24) is 0 Å². The average molecular weight is 263 g/mol. The molecule has 2 aliphatic rings. The van der Waals surface area contributed by atoms with Crippen molar-refractivity contribution < 1.29 is 4.74 Å². The van der Waals surface area contributed by atoms with E-state index >= 15 is 0 Å². The fourth-order valence-corrected chi connectivity index (χ4v) is 3.89. The van der Waals surface area contributed by atoms with Gasteiger partial charge in [0, 0.05) is 34.6 Å². The SMILES string of the molecule is CSc1ccc(NC2C3CCOC3C2(C)C)cc1. The van der Waals surface area contributed by atoms with Gasteiger partial charge >= 0.3 is 0 Å². The normalized spacial score (nSPS) is 32.7. The van der Waals surface area contributed by atoms with E-state index in [0.29, 0.717) is 18.1 Å². The second kappa shape index (κ2) is 4.46. The third-order valence-corrected chi connectivity index (χ3v) is 5.26. The molecule has 1 aromatic rings. The summed E-state index contributed by atoms with van der Waals surface area (Å²) in [5, 5.41) is 3.70. The summed E-state index contributed by atoms with van der Waals surface area (Å²) in [6.45, 7) is 5.56. The number of anilines is 1. The van der Waals surface area contributed by atoms with Gasteiger partial charge in [-0.25, -0.2) is 0 Å². The Balaban J connectivity index is 1.72. The van der Waals surface area contributed by atoms with Crippen LogP contribution in [-0.2, 0) is 4.74 Å². The molecule has 3 unspecified atom stereocenters. The summed E-state index contributed by atoms with van der Waals surface area (Å²) in [6, 6.07) is 9.28. The minimum Gasteiger partial charge on any atom is -0.381 e. The van der Waals surface area contributed by atoms with Crippen LogP contribution >= 0.6 is 11.8 Å². The highest BCUT2D eigenvalue weighted by molar-refractivity contribution is 7.98. The predicted molar refractivity (Wildman–Crippen MR) is 77.3 cm³/mol. The fraction of sp³-hybridized carbons (Fsp3) is 0.600. The highest BCUT2D eigenvalue weighted by Crippen LogP contribution is 2.53. The number of hydrogen-bond acceptors (Lipinski definition) is 3. The lowest BCUT2D eigenvalue weighted by molar-refractivity contribution is -0.0923. The smallest absolute Gasteiger partial charge is 0.0694 e. The lowest BCUT2D eigenvalue weighted by atomic mass is 9.57. The molecule has 0 amide bonds. The van der Waals surface area contributed by atoms with Crippen LogP contribution in [0.15, 0.2) is 29.2 Å². The highest BCUT2D eigenvalue weighted by atomic mass is 32.2. The van der Waals surface area contributed by atoms with Gasteiger partial charge in [-0.3, -0.25) is 0 Å². The highest BCUT2D eigenvalue weighted by Gasteiger charge is 2.59. The second-order valence-corrected chi connectivity index (χ2v) is 6.80. The molecule has 1 aliphatic heterocycles. The monoisotopic (exact) mass is 263 g/mol. The topological polar surface area (TPSA) is 21.3 Å². The molecule has 0 bridgehead atoms. The summed E-state index contributed by atoms with van der Waals surface area (Å²) in [5.74, 6) is 0.695. The maximum absolute atomic E-state index is 5.83. The summed E-state index contributed by atoms with van der Waals surface area (Å²) in [6.07, 6.45) is 3.77. The van der Waals surface area contributed by atoms with Gasteiger partial charge in [-0.15, -0.1) is 11.8 Å². The van der Waals surface area contributed by atoms with E-state index < -0.39 is 0 Å². The molecule has 0 radical (unpaired) electrons. The van der Waals surface area contributed by atoms with Gasteiger partial charge in [0.15, 0.2) is 0 Å². The van der Waals surface area contributed by atoms with Crippen molar-refractivity contribution in [2.45, 2.75) is 37.3 Å². The summed E-state index contributed by atoms with van der Waals surface area (Å²) >= 11 is 1.78. The molecule has 0 aromatic heterocycles. The third-order valence-electron chi connectivity index (χ3n) is 4.51. The minimum absolute atomic E-state index is 0.249. The average Bonchev–Trinajstić information content (AvgIpc) is 2.83. The molecule has 3 heteroatoms. The number of benzene rings is 1. The van der Waals surface area contributed by atoms with E-state index in [2.05, 4.69) is 49.7 Å². The number of thioether (sulfide) groups is 1. The van der Waals surface area contributed by atoms with Gasteiger partial charge in [0.1, 0.15) is 0 Å². The van der Waals surface area contributed by atoms with Gasteiger partial charge in [-0.2, -0.15) is 0 Å². The standard InChI is InChI=1S/C15H21NOS/c1-15(2)13(12-8-9-17-14(12)15)16-10-4-6-11(18-3)7-5-10/h4-7,12-14,16H,8-9H2,1-3H3. The van der Waals surface area contributed by atoms with E-state index in [9.17, 15) is 0 Å². The summed E-state index contributed by atoms with van der Waals surface area (Å²) < 4.78 is 5.83. The molecular formula is C15H21NOS. The Labute approximate surface area is 113 Å². The molecule has 3 atom stereocenters. The quantitative estimate of drug-likeness (QED) is 0.841. The third kappa shape index (κ3) is 1.84. The zero-order valence-corrected chi connectivity index (χ0v) is 12.1. The van der Waals surface area contributed by atoms with Crippen LogP contribution in [0.2, 0.25) is 0 Å². The lowest BCUT2D eigenvalue weighted by Gasteiger charge is -2.55. The van der Waals surface area contributed by atoms with Crippen LogP contribution in [0.3, 0.4) is 0 Å². The number of fused-ring (bicyclic) bond motifs is 1. The van der Waals surface area contributed by atoms with E-state index in [1.165, 1.54) is 17.0 Å². The Morgan fingerprint density at radius 2 is 2.00 bits per heavy atom. The largest absolute Gasteiger partial charge is 0.381 e. The zero-order chi connectivity index (χ0) is 12.8. The van der Waals surface area contributed by atoms with Crippen LogP contribution in [0.1, 0.15) is 20.3 Å². The Morgan fingerprint density at radius 1 is 1.28 bits per heavy atom. The molecular weight excluding hydrogens is 242 g/mol. The van der Waals surface area contributed by atoms with Crippen LogP contribution in [0, 0.1) is 11.3 Å². The van der Waals surface area contributed by atoms with Gasteiger partial charge in [0.05, 0.1) is 6.10 Å². The van der Waals surface area contributed by atoms with Gasteiger partial charge in [0.2, 0.25) is 0 Å². The van der Waals surface area contributed by atoms with Crippen molar-refractivity contribution in [3.05, 3.63) is 24.3 Å². The number of rotatable bonds is 3. The molecule has 18 heavy (non-hydrogen) atoms. The van der Waals surface area contributed by atoms with Crippen molar-refractivity contribution in [3.8, 4) is 0 Å². The lowest BCUT2D eigenvalue weighted by Crippen LogP contribution is -2.63. The molecule has 3 rings (SSSR count). The van der Waals surface area contributed by atoms with Gasteiger partial charge < -0.3 is 10.1 Å². The fourth-order valence-electron chi connectivity index (χ4n) is 3.48. The van der Waals surface area contributed by atoms with Crippen LogP contribution in [0.4, 0.5) is 5.69 Å². The number of nitrogens with one attached hydrogen (secondary N) is 1. The summed E-state index contributed by atoms with van der Waals surface area (Å²) in [4.78, 5) is 1.32. The van der Waals surface area contributed by atoms with Gasteiger partial charge in [0.25, 0.3) is 0 Å². The van der Waals surface area contributed by atoms with E-state index in [1.54, 1.807) is 11.8 Å². The van der Waals surface area contributed by atoms with Crippen molar-refractivity contribution >= 4 is 17.4 Å². The predicted octanol–water partition coefficient (Wildman–Crippen LogP) is 3.63. The molecule has 2 fully saturated rings. The molecule has 1 N–H and O–H groups in total. The Kier molecular flexibility index (Phi) is 3.07. The first-order valence-corrected chi connectivity index (χ1v) is 7.87. The molecule has 2 nitrogen and oxygen atoms in total. The van der Waals surface area contributed by atoms with Crippen molar-refractivity contribution in [3.63, 3.8) is 0 Å². The maximum Gasteiger partial charge on any atom is 0.0694 e. The summed E-state index contributed by atoms with van der Waals surface area (Å²) in [7, 11) is 0. The van der Waals surface area contributed by atoms with Crippen molar-refractivity contribution in [2.75, 3.05) is 18.2 Å². The van der Waals surface area contributed by atoms with Gasteiger partial charge in [-0.05, 0) is 36.9 Å². The molecule has 98 valence electrons. The molecule has 1 aromatic carbocycles. The molecule has 1 aliphatic carbocycles. The Hall–Kier alpha value is -0.670. The van der Waals surface area contributed by atoms with Crippen molar-refractivity contribution in [2.24, 2.45) is 11.3 Å². The molecule has 1 saturated heterocycles. The second-order valence-electron chi connectivity index (χ2n) is 5.92. The first-order chi connectivity index (χ1) is 8.63. The Bertz CT molecular complexity index is 429. The number of hydrogen-bond donors (Lipinski definition) is 1. The van der Waals surface area contributed by atoms with Crippen LogP contribution < -0.4 is 5.32 Å². The molecule has 1 heterocycles. The minimum atomic E-state index is 0.249. The first kappa shape index (κ1) is 12.4.